The second-order valence-corrected chi connectivity index (χ2v) is 10.1. The molecule has 0 aliphatic carbocycles. The van der Waals surface area contributed by atoms with Crippen LogP contribution in [0.5, 0.6) is 0 Å². The first kappa shape index (κ1) is 23.6. The molecule has 1 N–H and O–H groups in total. The van der Waals surface area contributed by atoms with Crippen molar-refractivity contribution >= 4 is 15.9 Å². The molecule has 0 saturated carbocycles. The molecule has 1 aromatic heterocycles. The average Bonchev–Trinajstić information content (AvgIpc) is 3.28. The number of rotatable bonds is 6. The highest BCUT2D eigenvalue weighted by atomic mass is 32.2. The number of aromatic nitrogens is 2. The van der Waals surface area contributed by atoms with E-state index >= 15 is 0 Å². The van der Waals surface area contributed by atoms with Gasteiger partial charge in [-0.2, -0.15) is 9.57 Å². The Labute approximate surface area is 197 Å². The van der Waals surface area contributed by atoms with Crippen LogP contribution in [0.15, 0.2) is 65.8 Å². The molecule has 2 aromatic carbocycles. The van der Waals surface area contributed by atoms with E-state index in [9.17, 15) is 22.9 Å². The normalized spacial score (nSPS) is 16.0. The molecule has 8 nitrogen and oxygen atoms in total. The molecular formula is C24H24FN5O3S. The minimum atomic E-state index is -3.83. The minimum Gasteiger partial charge on any atom is -0.342 e. The zero-order chi connectivity index (χ0) is 24.3. The Morgan fingerprint density at radius 1 is 1.18 bits per heavy atom. The zero-order valence-electron chi connectivity index (χ0n) is 18.6. The molecular weight excluding hydrogens is 457 g/mol. The van der Waals surface area contributed by atoms with E-state index in [0.717, 1.165) is 0 Å². The maximum absolute atomic E-state index is 13.4. The first-order valence-corrected chi connectivity index (χ1v) is 12.3. The Balaban J connectivity index is 1.48. The van der Waals surface area contributed by atoms with Gasteiger partial charge in [0.05, 0.1) is 10.5 Å². The van der Waals surface area contributed by atoms with Crippen LogP contribution in [0.4, 0.5) is 4.39 Å². The Morgan fingerprint density at radius 3 is 2.47 bits per heavy atom. The van der Waals surface area contributed by atoms with E-state index in [-0.39, 0.29) is 41.2 Å². The summed E-state index contributed by atoms with van der Waals surface area (Å²) < 4.78 is 42.7. The number of nitriles is 1. The van der Waals surface area contributed by atoms with Crippen LogP contribution in [0.3, 0.4) is 0 Å². The number of nitrogens with one attached hydrogen (secondary N) is 1. The lowest BCUT2D eigenvalue weighted by molar-refractivity contribution is -0.126. The van der Waals surface area contributed by atoms with Gasteiger partial charge in [-0.05, 0) is 42.7 Å². The lowest BCUT2D eigenvalue weighted by atomic mass is 9.96. The minimum absolute atomic E-state index is 0.0217. The SMILES string of the molecule is Cn1ccnc1C(NC(=O)C1CCN(S(=O)(=O)c2ccccc2C#N)CC1)c1ccc(F)cc1. The van der Waals surface area contributed by atoms with E-state index in [2.05, 4.69) is 10.3 Å². The monoisotopic (exact) mass is 481 g/mol. The van der Waals surface area contributed by atoms with Gasteiger partial charge in [-0.3, -0.25) is 4.79 Å². The molecule has 1 unspecified atom stereocenters. The largest absolute Gasteiger partial charge is 0.342 e. The topological polar surface area (TPSA) is 108 Å². The fraction of sp³-hybridized carbons (Fsp3) is 0.292. The summed E-state index contributed by atoms with van der Waals surface area (Å²) in [6.45, 7) is 0.341. The number of hydrogen-bond donors (Lipinski definition) is 1. The summed E-state index contributed by atoms with van der Waals surface area (Å²) in [7, 11) is -2.02. The molecule has 1 aliphatic rings. The highest BCUT2D eigenvalue weighted by Crippen LogP contribution is 2.27. The number of hydrogen-bond acceptors (Lipinski definition) is 5. The molecule has 0 spiro atoms. The molecule has 10 heteroatoms. The average molecular weight is 482 g/mol. The van der Waals surface area contributed by atoms with Gasteiger partial charge in [0.15, 0.2) is 0 Å². The summed E-state index contributed by atoms with van der Waals surface area (Å²) in [4.78, 5) is 17.5. The molecule has 0 radical (unpaired) electrons. The molecule has 1 saturated heterocycles. The number of halogens is 1. The fourth-order valence-electron chi connectivity index (χ4n) is 4.15. The highest BCUT2D eigenvalue weighted by Gasteiger charge is 2.34. The van der Waals surface area contributed by atoms with Crippen molar-refractivity contribution < 1.29 is 17.6 Å². The van der Waals surface area contributed by atoms with Crippen LogP contribution >= 0.6 is 0 Å². The van der Waals surface area contributed by atoms with Gasteiger partial charge >= 0.3 is 0 Å². The summed E-state index contributed by atoms with van der Waals surface area (Å²) in [5, 5.41) is 12.3. The smallest absolute Gasteiger partial charge is 0.244 e. The van der Waals surface area contributed by atoms with Gasteiger partial charge in [0.2, 0.25) is 15.9 Å². The number of piperidine rings is 1. The van der Waals surface area contributed by atoms with Crippen molar-refractivity contribution in [1.82, 2.24) is 19.2 Å². The van der Waals surface area contributed by atoms with Crippen molar-refractivity contribution in [1.29, 1.82) is 5.26 Å². The van der Waals surface area contributed by atoms with Crippen LogP contribution in [-0.2, 0) is 21.9 Å². The number of nitrogens with zero attached hydrogens (tertiary/aromatic N) is 4. The van der Waals surface area contributed by atoms with Crippen molar-refractivity contribution in [2.45, 2.75) is 23.8 Å². The molecule has 3 aromatic rings. The van der Waals surface area contributed by atoms with Crippen LogP contribution < -0.4 is 5.32 Å². The van der Waals surface area contributed by atoms with Crippen molar-refractivity contribution in [3.63, 3.8) is 0 Å². The van der Waals surface area contributed by atoms with Crippen LogP contribution in [0.2, 0.25) is 0 Å². The number of benzene rings is 2. The number of aryl methyl sites for hydroxylation is 1. The molecule has 176 valence electrons. The number of amides is 1. The van der Waals surface area contributed by atoms with Gasteiger partial charge in [-0.1, -0.05) is 24.3 Å². The Kier molecular flexibility index (Phi) is 6.77. The molecule has 0 bridgehead atoms. The second kappa shape index (κ2) is 9.75. The number of sulfonamides is 1. The predicted octanol–water partition coefficient (Wildman–Crippen LogP) is 2.74. The first-order chi connectivity index (χ1) is 16.3. The van der Waals surface area contributed by atoms with Crippen molar-refractivity contribution in [2.75, 3.05) is 13.1 Å². The second-order valence-electron chi connectivity index (χ2n) is 8.18. The summed E-state index contributed by atoms with van der Waals surface area (Å²) in [5.74, 6) is -0.374. The van der Waals surface area contributed by atoms with Crippen LogP contribution in [0.1, 0.15) is 35.8 Å². The molecule has 34 heavy (non-hydrogen) atoms. The van der Waals surface area contributed by atoms with Crippen molar-refractivity contribution in [3.05, 3.63) is 83.7 Å². The molecule has 2 heterocycles. The third-order valence-corrected chi connectivity index (χ3v) is 8.01. The summed E-state index contributed by atoms with van der Waals surface area (Å²) >= 11 is 0. The molecule has 1 amide bonds. The Bertz CT molecular complexity index is 1320. The van der Waals surface area contributed by atoms with Gasteiger partial charge < -0.3 is 9.88 Å². The van der Waals surface area contributed by atoms with Gasteiger partial charge in [-0.25, -0.2) is 17.8 Å². The lowest BCUT2D eigenvalue weighted by Crippen LogP contribution is -2.44. The number of carbonyl (C=O) groups is 1. The molecule has 4 rings (SSSR count). The third-order valence-electron chi connectivity index (χ3n) is 6.06. The van der Waals surface area contributed by atoms with E-state index in [1.807, 2.05) is 13.1 Å². The zero-order valence-corrected chi connectivity index (χ0v) is 19.4. The van der Waals surface area contributed by atoms with Gasteiger partial charge in [-0.15, -0.1) is 0 Å². The number of carbonyl (C=O) groups excluding carboxylic acids is 1. The maximum Gasteiger partial charge on any atom is 0.244 e. The van der Waals surface area contributed by atoms with Gasteiger partial charge in [0.1, 0.15) is 23.8 Å². The Hall–Kier alpha value is -3.55. The summed E-state index contributed by atoms with van der Waals surface area (Å²) in [5.41, 5.74) is 0.789. The predicted molar refractivity (Wildman–Crippen MR) is 122 cm³/mol. The Morgan fingerprint density at radius 2 is 1.85 bits per heavy atom. The van der Waals surface area contributed by atoms with E-state index in [1.54, 1.807) is 41.2 Å². The molecule has 1 aliphatic heterocycles. The highest BCUT2D eigenvalue weighted by molar-refractivity contribution is 7.89. The lowest BCUT2D eigenvalue weighted by Gasteiger charge is -2.31. The van der Waals surface area contributed by atoms with Crippen LogP contribution in [0.25, 0.3) is 0 Å². The quantitative estimate of drug-likeness (QED) is 0.583. The van der Waals surface area contributed by atoms with Gasteiger partial charge in [0, 0.05) is 38.4 Å². The summed E-state index contributed by atoms with van der Waals surface area (Å²) in [6, 6.07) is 13.3. The van der Waals surface area contributed by atoms with Crippen LogP contribution in [-0.4, -0.2) is 41.3 Å². The van der Waals surface area contributed by atoms with Crippen molar-refractivity contribution in [3.8, 4) is 6.07 Å². The number of imidazole rings is 1. The third kappa shape index (κ3) is 4.71. The van der Waals surface area contributed by atoms with Crippen molar-refractivity contribution in [2.24, 2.45) is 13.0 Å². The summed E-state index contributed by atoms with van der Waals surface area (Å²) in [6.07, 6.45) is 4.08. The van der Waals surface area contributed by atoms with E-state index in [0.29, 0.717) is 24.2 Å². The molecule has 1 atom stereocenters. The van der Waals surface area contributed by atoms with E-state index in [1.165, 1.54) is 28.6 Å². The maximum atomic E-state index is 13.4. The van der Waals surface area contributed by atoms with Crippen LogP contribution in [0, 0.1) is 23.1 Å². The molecule has 1 fully saturated rings. The van der Waals surface area contributed by atoms with E-state index < -0.39 is 16.1 Å². The standard InChI is InChI=1S/C24H24FN5O3S/c1-29-15-12-27-23(29)22(17-6-8-20(25)9-7-17)28-24(31)18-10-13-30(14-11-18)34(32,33)21-5-3-2-4-19(21)16-26/h2-9,12,15,18,22H,10-11,13-14H2,1H3,(H,28,31). The van der Waals surface area contributed by atoms with E-state index in [4.69, 9.17) is 0 Å². The first-order valence-electron chi connectivity index (χ1n) is 10.8. The van der Waals surface area contributed by atoms with Gasteiger partial charge in [0.25, 0.3) is 0 Å². The fourth-order valence-corrected chi connectivity index (χ4v) is 5.76.